The number of imidazole rings is 1. The van der Waals surface area contributed by atoms with E-state index in [4.69, 9.17) is 4.98 Å². The van der Waals surface area contributed by atoms with Gasteiger partial charge in [-0.05, 0) is 68.4 Å². The predicted molar refractivity (Wildman–Crippen MR) is 129 cm³/mol. The minimum Gasteiger partial charge on any atom is -0.336 e. The van der Waals surface area contributed by atoms with E-state index in [1.54, 1.807) is 4.57 Å². The molecule has 6 rings (SSSR count). The van der Waals surface area contributed by atoms with Crippen molar-refractivity contribution in [1.29, 1.82) is 0 Å². The number of amides is 1. The molecule has 3 fully saturated rings. The highest BCUT2D eigenvalue weighted by atomic mass is 16.2. The molecule has 0 spiro atoms. The lowest BCUT2D eigenvalue weighted by Crippen LogP contribution is -2.45. The number of hydrogen-bond donors (Lipinski definition) is 3. The van der Waals surface area contributed by atoms with Crippen LogP contribution in [0.1, 0.15) is 83.9 Å². The zero-order valence-corrected chi connectivity index (χ0v) is 20.4. The summed E-state index contributed by atoms with van der Waals surface area (Å²) in [6.45, 7) is 4.91. The Kier molecular flexibility index (Phi) is 6.06. The molecule has 3 N–H and O–H groups in total. The fourth-order valence-corrected chi connectivity index (χ4v) is 6.04. The second-order valence-corrected chi connectivity index (χ2v) is 10.2. The van der Waals surface area contributed by atoms with Crippen LogP contribution in [0.3, 0.4) is 0 Å². The molecule has 3 aromatic heterocycles. The molecular formula is C23H33N9O3. The number of carbonyl (C=O) groups excluding carboxylic acids is 1. The third kappa shape index (κ3) is 4.08. The molecule has 2 bridgehead atoms. The molecule has 12 heteroatoms. The van der Waals surface area contributed by atoms with Crippen LogP contribution in [0.5, 0.6) is 0 Å². The van der Waals surface area contributed by atoms with E-state index in [0.29, 0.717) is 37.1 Å². The highest BCUT2D eigenvalue weighted by Gasteiger charge is 2.50. The number of hydrogen-bond acceptors (Lipinski definition) is 7. The van der Waals surface area contributed by atoms with Crippen LogP contribution in [0.4, 0.5) is 5.95 Å². The number of aromatic amines is 2. The van der Waals surface area contributed by atoms with Crippen LogP contribution in [-0.4, -0.2) is 45.6 Å². The van der Waals surface area contributed by atoms with Crippen molar-refractivity contribution in [1.82, 2.24) is 39.7 Å². The molecule has 0 aromatic carbocycles. The number of fused-ring (bicyclic) bond motifs is 4. The number of nitrogens with zero attached hydrogens (tertiary/aromatic N) is 6. The Balaban J connectivity index is 1.36. The number of carbonyl (C=O) groups is 1. The van der Waals surface area contributed by atoms with Gasteiger partial charge >= 0.3 is 5.69 Å². The average Bonchev–Trinajstić information content (AvgIpc) is 3.55. The predicted octanol–water partition coefficient (Wildman–Crippen LogP) is 2.23. The molecule has 35 heavy (non-hydrogen) atoms. The molecular weight excluding hydrogens is 450 g/mol. The molecule has 0 saturated heterocycles. The molecule has 0 unspecified atom stereocenters. The lowest BCUT2D eigenvalue weighted by molar-refractivity contribution is -0.117. The highest BCUT2D eigenvalue weighted by molar-refractivity contribution is 5.88. The Bertz CT molecular complexity index is 1310. The number of tetrazole rings is 1. The molecule has 1 amide bonds. The Morgan fingerprint density at radius 1 is 1.03 bits per heavy atom. The summed E-state index contributed by atoms with van der Waals surface area (Å²) >= 11 is 0. The van der Waals surface area contributed by atoms with Crippen LogP contribution in [0, 0.1) is 5.41 Å². The van der Waals surface area contributed by atoms with Gasteiger partial charge in [0, 0.05) is 24.9 Å². The van der Waals surface area contributed by atoms with Crippen molar-refractivity contribution in [3.05, 3.63) is 26.7 Å². The number of H-pyrrole nitrogens is 2. The molecule has 3 aliphatic carbocycles. The third-order valence-electron chi connectivity index (χ3n) is 8.14. The molecule has 3 aliphatic rings. The van der Waals surface area contributed by atoms with Crippen LogP contribution in [0.15, 0.2) is 9.59 Å². The van der Waals surface area contributed by atoms with Gasteiger partial charge in [-0.15, -0.1) is 5.10 Å². The summed E-state index contributed by atoms with van der Waals surface area (Å²) in [7, 11) is 0. The van der Waals surface area contributed by atoms with Gasteiger partial charge in [0.05, 0.1) is 0 Å². The van der Waals surface area contributed by atoms with Crippen molar-refractivity contribution in [2.75, 3.05) is 5.32 Å². The molecule has 3 saturated carbocycles. The minimum absolute atomic E-state index is 0.0993. The standard InChI is InChI=1S/C23H33N9O3/c1-3-13-31-17-16(18(34)32(14-4-2)21(31)35)25-19(26-17)23-10-7-22(8-11-23,9-12-23)6-5-15(33)24-20-27-29-30-28-20/h3-14H2,1-2H3,(H,25,26)(H2,24,27,28,29,30,33). The zero-order chi connectivity index (χ0) is 24.6. The van der Waals surface area contributed by atoms with Crippen molar-refractivity contribution in [2.45, 2.75) is 96.6 Å². The van der Waals surface area contributed by atoms with Gasteiger partial charge in [0.15, 0.2) is 5.65 Å². The van der Waals surface area contributed by atoms with Crippen molar-refractivity contribution in [3.8, 4) is 0 Å². The summed E-state index contributed by atoms with van der Waals surface area (Å²) in [6.07, 6.45) is 8.67. The number of nitrogens with one attached hydrogen (secondary N) is 3. The van der Waals surface area contributed by atoms with Gasteiger partial charge in [-0.25, -0.2) is 9.78 Å². The smallest absolute Gasteiger partial charge is 0.332 e. The summed E-state index contributed by atoms with van der Waals surface area (Å²) in [5.41, 5.74) is 0.425. The summed E-state index contributed by atoms with van der Waals surface area (Å²) in [5.74, 6) is 0.937. The first kappa shape index (κ1) is 23.4. The SMILES string of the molecule is CCCn1c(=O)c2[nH]c(C34CCC(CCC(=O)Nc5nn[nH]n5)(CC3)CC4)nc2n(CCC)c1=O. The molecule has 3 aromatic rings. The lowest BCUT2D eigenvalue weighted by Gasteiger charge is -2.52. The zero-order valence-electron chi connectivity index (χ0n) is 20.4. The van der Waals surface area contributed by atoms with Gasteiger partial charge in [0.25, 0.3) is 11.5 Å². The van der Waals surface area contributed by atoms with Gasteiger partial charge in [-0.2, -0.15) is 5.21 Å². The summed E-state index contributed by atoms with van der Waals surface area (Å²) in [6, 6.07) is 0. The molecule has 12 nitrogen and oxygen atoms in total. The number of aryl methyl sites for hydroxylation is 1. The topological polar surface area (TPSA) is 156 Å². The quantitative estimate of drug-likeness (QED) is 0.421. The maximum Gasteiger partial charge on any atom is 0.332 e. The highest BCUT2D eigenvalue weighted by Crippen LogP contribution is 2.59. The number of rotatable bonds is 9. The van der Waals surface area contributed by atoms with E-state index >= 15 is 0 Å². The van der Waals surface area contributed by atoms with E-state index in [1.807, 2.05) is 13.8 Å². The second kappa shape index (κ2) is 9.04. The van der Waals surface area contributed by atoms with Crippen LogP contribution in [-0.2, 0) is 23.3 Å². The van der Waals surface area contributed by atoms with Crippen molar-refractivity contribution >= 4 is 23.0 Å². The van der Waals surface area contributed by atoms with Crippen LogP contribution in [0.2, 0.25) is 0 Å². The normalized spacial score (nSPS) is 23.7. The number of anilines is 1. The van der Waals surface area contributed by atoms with E-state index in [1.165, 1.54) is 4.57 Å². The van der Waals surface area contributed by atoms with Crippen LogP contribution in [0.25, 0.3) is 11.2 Å². The van der Waals surface area contributed by atoms with E-state index in [2.05, 4.69) is 30.9 Å². The first-order chi connectivity index (χ1) is 16.9. The summed E-state index contributed by atoms with van der Waals surface area (Å²) in [5, 5.41) is 16.0. The Hall–Kier alpha value is -3.31. The Morgan fingerprint density at radius 2 is 1.71 bits per heavy atom. The van der Waals surface area contributed by atoms with Gasteiger partial charge in [-0.3, -0.25) is 24.0 Å². The second-order valence-electron chi connectivity index (χ2n) is 10.2. The van der Waals surface area contributed by atoms with E-state index < -0.39 is 0 Å². The number of aromatic nitrogens is 8. The van der Waals surface area contributed by atoms with Gasteiger partial charge < -0.3 is 4.98 Å². The first-order valence-electron chi connectivity index (χ1n) is 12.7. The Labute approximate surface area is 201 Å². The average molecular weight is 484 g/mol. The van der Waals surface area contributed by atoms with Gasteiger partial charge in [0.2, 0.25) is 5.91 Å². The monoisotopic (exact) mass is 483 g/mol. The lowest BCUT2D eigenvalue weighted by atomic mass is 9.52. The maximum absolute atomic E-state index is 13.1. The molecule has 188 valence electrons. The molecule has 0 radical (unpaired) electrons. The third-order valence-corrected chi connectivity index (χ3v) is 8.14. The van der Waals surface area contributed by atoms with Crippen molar-refractivity contribution in [3.63, 3.8) is 0 Å². The van der Waals surface area contributed by atoms with Gasteiger partial charge in [0.1, 0.15) is 11.3 Å². The van der Waals surface area contributed by atoms with E-state index in [-0.39, 0.29) is 33.9 Å². The van der Waals surface area contributed by atoms with Crippen LogP contribution < -0.4 is 16.6 Å². The van der Waals surface area contributed by atoms with E-state index in [0.717, 1.165) is 57.2 Å². The van der Waals surface area contributed by atoms with Crippen molar-refractivity contribution in [2.24, 2.45) is 5.41 Å². The van der Waals surface area contributed by atoms with Crippen molar-refractivity contribution < 1.29 is 4.79 Å². The Morgan fingerprint density at radius 3 is 2.34 bits per heavy atom. The first-order valence-corrected chi connectivity index (χ1v) is 12.7. The molecule has 0 atom stereocenters. The van der Waals surface area contributed by atoms with Gasteiger partial charge in [-0.1, -0.05) is 18.9 Å². The maximum atomic E-state index is 13.1. The fourth-order valence-electron chi connectivity index (χ4n) is 6.04. The molecule has 0 aliphatic heterocycles. The van der Waals surface area contributed by atoms with Crippen LogP contribution >= 0.6 is 0 Å². The fraction of sp³-hybridized carbons (Fsp3) is 0.696. The minimum atomic E-state index is -0.275. The summed E-state index contributed by atoms with van der Waals surface area (Å²) < 4.78 is 2.99. The summed E-state index contributed by atoms with van der Waals surface area (Å²) in [4.78, 5) is 46.7. The largest absolute Gasteiger partial charge is 0.336 e. The molecule has 3 heterocycles. The van der Waals surface area contributed by atoms with E-state index in [9.17, 15) is 14.4 Å².